The summed E-state index contributed by atoms with van der Waals surface area (Å²) in [5, 5.41) is 5.53. The molecule has 0 N–H and O–H groups in total. The molecule has 0 atom stereocenters. The largest absolute Gasteiger partial charge is 0.213 e. The van der Waals surface area contributed by atoms with Gasteiger partial charge in [0, 0.05) is 92.3 Å². The molecule has 0 aliphatic heterocycles. The van der Waals surface area contributed by atoms with Crippen LogP contribution < -0.4 is 18.3 Å². The molecule has 524 valence electrons. The van der Waals surface area contributed by atoms with Crippen LogP contribution in [0.25, 0.3) is 88.6 Å². The molecule has 0 unspecified atom stereocenters. The zero-order chi connectivity index (χ0) is 71.3. The summed E-state index contributed by atoms with van der Waals surface area (Å²) in [7, 11) is 8.87. The molecule has 4 aliphatic rings. The molecule has 4 fully saturated rings. The normalized spacial score (nSPS) is 15.6. The van der Waals surface area contributed by atoms with Gasteiger partial charge in [0.25, 0.3) is 0 Å². The summed E-state index contributed by atoms with van der Waals surface area (Å²) in [6.45, 7) is 22.1. The summed E-state index contributed by atoms with van der Waals surface area (Å²) in [5.41, 5.74) is 35.7. The Morgan fingerprint density at radius 1 is 0.245 bits per heavy atom. The van der Waals surface area contributed by atoms with Crippen LogP contribution in [-0.4, -0.2) is 0 Å². The van der Waals surface area contributed by atoms with E-state index in [1.807, 2.05) is 0 Å². The Bertz CT molecular complexity index is 4880. The highest BCUT2D eigenvalue weighted by Gasteiger charge is 2.27. The lowest BCUT2D eigenvalue weighted by Gasteiger charge is -2.23. The van der Waals surface area contributed by atoms with Gasteiger partial charge < -0.3 is 0 Å². The zero-order valence-electron chi connectivity index (χ0n) is 64.6. The van der Waals surface area contributed by atoms with Gasteiger partial charge in [-0.15, -0.1) is 0 Å². The van der Waals surface area contributed by atoms with Gasteiger partial charge in [-0.1, -0.05) is 172 Å². The number of hydrogen-bond acceptors (Lipinski definition) is 0. The molecular weight excluding hydrogens is 1230 g/mol. The summed E-state index contributed by atoms with van der Waals surface area (Å²) in [5.74, 6) is 2.98. The minimum atomic E-state index is 0.737. The lowest BCUT2D eigenvalue weighted by atomic mass is 9.82. The molecule has 4 heterocycles. The van der Waals surface area contributed by atoms with Crippen molar-refractivity contribution in [3.8, 4) is 45.0 Å². The van der Waals surface area contributed by atoms with E-state index < -0.39 is 0 Å². The molecule has 0 bridgehead atoms. The fourth-order valence-electron chi connectivity index (χ4n) is 18.3. The van der Waals surface area contributed by atoms with Gasteiger partial charge in [0.05, 0.1) is 0 Å². The van der Waals surface area contributed by atoms with Crippen molar-refractivity contribution >= 4 is 43.6 Å². The zero-order valence-corrected chi connectivity index (χ0v) is 64.6. The second kappa shape index (κ2) is 32.0. The Morgan fingerprint density at radius 2 is 0.559 bits per heavy atom. The molecule has 16 rings (SSSR count). The number of nitrogens with zero attached hydrogens (tertiary/aromatic N) is 4. The smallest absolute Gasteiger partial charge is 0.194 e. The third-order valence-electron chi connectivity index (χ3n) is 24.6. The van der Waals surface area contributed by atoms with Gasteiger partial charge in [0.15, 0.2) is 0 Å². The highest BCUT2D eigenvalue weighted by atomic mass is 15.0. The van der Waals surface area contributed by atoms with Crippen LogP contribution in [0.15, 0.2) is 182 Å². The van der Waals surface area contributed by atoms with Crippen LogP contribution in [0.4, 0.5) is 0 Å². The van der Waals surface area contributed by atoms with Crippen LogP contribution >= 0.6 is 0 Å². The van der Waals surface area contributed by atoms with E-state index in [4.69, 9.17) is 0 Å². The molecule has 0 amide bonds. The number of pyridine rings is 4. The van der Waals surface area contributed by atoms with E-state index in [0.29, 0.717) is 0 Å². The molecule has 0 spiro atoms. The Labute approximate surface area is 612 Å². The number of benzene rings is 8. The van der Waals surface area contributed by atoms with Crippen LogP contribution in [0, 0.1) is 69.2 Å². The summed E-state index contributed by atoms with van der Waals surface area (Å²) in [6.07, 6.45) is 27.5. The van der Waals surface area contributed by atoms with Crippen LogP contribution in [0.5, 0.6) is 0 Å². The second-order valence-electron chi connectivity index (χ2n) is 31.8. The van der Waals surface area contributed by atoms with Crippen molar-refractivity contribution in [2.24, 2.45) is 28.2 Å². The van der Waals surface area contributed by atoms with Crippen molar-refractivity contribution in [3.05, 3.63) is 260 Å². The van der Waals surface area contributed by atoms with E-state index in [2.05, 4.69) is 298 Å². The second-order valence-corrected chi connectivity index (χ2v) is 31.8. The molecule has 8 aromatic carbocycles. The fourth-order valence-corrected chi connectivity index (χ4v) is 18.3. The Kier molecular flexibility index (Phi) is 22.5. The summed E-state index contributed by atoms with van der Waals surface area (Å²) in [4.78, 5) is 0. The van der Waals surface area contributed by atoms with E-state index in [1.54, 1.807) is 11.1 Å². The highest BCUT2D eigenvalue weighted by Crippen LogP contribution is 2.41. The minimum absolute atomic E-state index is 0.737. The third-order valence-corrected chi connectivity index (χ3v) is 24.6. The Balaban J connectivity index is 0.000000121. The number of rotatable bonds is 8. The van der Waals surface area contributed by atoms with Gasteiger partial charge in [0.2, 0.25) is 44.8 Å². The van der Waals surface area contributed by atoms with E-state index in [0.717, 1.165) is 23.7 Å². The van der Waals surface area contributed by atoms with Gasteiger partial charge in [-0.2, -0.15) is 18.3 Å². The van der Waals surface area contributed by atoms with Crippen molar-refractivity contribution < 1.29 is 18.3 Å². The van der Waals surface area contributed by atoms with Crippen LogP contribution in [0.2, 0.25) is 0 Å². The number of fused-ring (bicyclic) bond motifs is 4. The molecule has 102 heavy (non-hydrogen) atoms. The van der Waals surface area contributed by atoms with E-state index in [9.17, 15) is 0 Å². The van der Waals surface area contributed by atoms with E-state index >= 15 is 0 Å². The monoisotopic (exact) mass is 1350 g/mol. The summed E-state index contributed by atoms with van der Waals surface area (Å²) >= 11 is 0. The first kappa shape index (κ1) is 71.8. The molecule has 0 radical (unpaired) electrons. The van der Waals surface area contributed by atoms with Crippen LogP contribution in [0.3, 0.4) is 0 Å². The third kappa shape index (κ3) is 15.5. The maximum atomic E-state index is 2.45. The molecule has 4 nitrogen and oxygen atoms in total. The van der Waals surface area contributed by atoms with Crippen LogP contribution in [0.1, 0.15) is 230 Å². The summed E-state index contributed by atoms with van der Waals surface area (Å²) < 4.78 is 9.54. The summed E-state index contributed by atoms with van der Waals surface area (Å²) in [6, 6.07) is 69.2. The van der Waals surface area contributed by atoms with Gasteiger partial charge in [0.1, 0.15) is 28.2 Å². The fraction of sp³-hybridized carbons (Fsp3) is 0.388. The maximum Gasteiger partial charge on any atom is 0.213 e. The molecule has 0 saturated heterocycles. The SMILES string of the molecule is Cc1cc(C)c(C)c(-c2ccc3c(C4CCCCC4)cccc3[n+]2C)c1.Cc1cc(C)c(C)c(-c2ccc3ccc(C4CCCCC4)cc3[n+]2C)c1.Cc1ccc(C)c(-c2ccc3c(C4CCCCC4)cccc3[n+]2C)c1.Cc1ccc(C)c(-c2ccc3ccc(C4CCCCC4)cc3[n+]2C)c1. The predicted molar refractivity (Wildman–Crippen MR) is 433 cm³/mol. The first-order valence-corrected chi connectivity index (χ1v) is 39.4. The van der Waals surface area contributed by atoms with Crippen molar-refractivity contribution in [3.63, 3.8) is 0 Å². The van der Waals surface area contributed by atoms with Gasteiger partial charge in [-0.3, -0.25) is 0 Å². The molecule has 4 aromatic heterocycles. The standard InChI is InChI=1S/2C25H30N.2C24H28N/c1-17-15-18(2)19(3)23(16-17)25-14-13-22-21(20-9-6-5-7-10-20)11-8-12-24(22)26(25)4;1-17-14-18(2)19(3)23(15-17)24-13-12-21-10-11-22(16-25(21)26(24)4)20-8-6-5-7-9-20;1-17-12-13-18(2)22(16-17)24-15-14-21-20(19-8-5-4-6-9-19)10-7-11-23(21)25(24)3;1-17-9-10-18(2)22(15-17)23-14-13-20-11-12-21(16-24(20)25(23)3)19-7-5-4-6-8-19/h8,11-16,20H,5-7,9-10H2,1-4H3;10-16,20H,5-9H2,1-4H3;7,10-16,19H,4-6,8-9H2,1-3H3;9-16,19H,4-8H2,1-3H3/q4*+1. The Hall–Kier alpha value is -8.60. The molecule has 4 aliphatic carbocycles. The molecule has 12 aromatic rings. The molecule has 4 saturated carbocycles. The quantitative estimate of drug-likeness (QED) is 0.135. The minimum Gasteiger partial charge on any atom is -0.194 e. The van der Waals surface area contributed by atoms with Gasteiger partial charge >= 0.3 is 0 Å². The van der Waals surface area contributed by atoms with Crippen molar-refractivity contribution in [2.45, 2.75) is 221 Å². The lowest BCUT2D eigenvalue weighted by molar-refractivity contribution is -0.633. The average molecular weight is 1350 g/mol. The molecule has 4 heteroatoms. The van der Waals surface area contributed by atoms with Gasteiger partial charge in [-0.25, -0.2) is 0 Å². The van der Waals surface area contributed by atoms with Crippen molar-refractivity contribution in [1.82, 2.24) is 0 Å². The van der Waals surface area contributed by atoms with E-state index in [-0.39, 0.29) is 0 Å². The molecular formula is C98H116N4+4. The van der Waals surface area contributed by atoms with Crippen LogP contribution in [-0.2, 0) is 28.2 Å². The van der Waals surface area contributed by atoms with Crippen molar-refractivity contribution in [1.29, 1.82) is 0 Å². The Morgan fingerprint density at radius 3 is 0.931 bits per heavy atom. The first-order chi connectivity index (χ1) is 49.4. The number of aryl methyl sites for hydroxylation is 12. The highest BCUT2D eigenvalue weighted by molar-refractivity contribution is 5.84. The maximum absolute atomic E-state index is 2.45. The van der Waals surface area contributed by atoms with E-state index in [1.165, 1.54) is 284 Å². The average Bonchev–Trinajstić information content (AvgIpc) is 0.786. The number of hydrogen-bond donors (Lipinski definition) is 0. The predicted octanol–water partition coefficient (Wildman–Crippen LogP) is 24.6. The lowest BCUT2D eigenvalue weighted by Crippen LogP contribution is -2.32. The van der Waals surface area contributed by atoms with Crippen molar-refractivity contribution in [2.75, 3.05) is 0 Å². The first-order valence-electron chi connectivity index (χ1n) is 39.4. The number of aromatic nitrogens is 4. The van der Waals surface area contributed by atoms with Gasteiger partial charge in [-0.05, 0) is 261 Å². The topological polar surface area (TPSA) is 15.5 Å².